The highest BCUT2D eigenvalue weighted by molar-refractivity contribution is 6.07. The van der Waals surface area contributed by atoms with E-state index in [0.29, 0.717) is 5.69 Å². The Morgan fingerprint density at radius 1 is 0.492 bits per heavy atom. The summed E-state index contributed by atoms with van der Waals surface area (Å²) < 4.78 is 2.28. The van der Waals surface area contributed by atoms with Crippen LogP contribution >= 0.6 is 0 Å². The summed E-state index contributed by atoms with van der Waals surface area (Å²) in [6, 6.07) is 71.5. The largest absolute Gasteiger partial charge is 0.312 e. The molecule has 0 saturated heterocycles. The number of fused-ring (bicyclic) bond motifs is 1. The van der Waals surface area contributed by atoms with Crippen LogP contribution in [0.5, 0.6) is 0 Å². The lowest BCUT2D eigenvalue weighted by atomic mass is 9.96. The molecule has 0 radical (unpaired) electrons. The fraction of sp³-hybridized carbons (Fsp3) is 0.0179. The molecule has 0 saturated carbocycles. The predicted molar refractivity (Wildman–Crippen MR) is 252 cm³/mol. The highest BCUT2D eigenvalue weighted by Gasteiger charge is 2.24. The van der Waals surface area contributed by atoms with Gasteiger partial charge in [-0.1, -0.05) is 146 Å². The highest BCUT2D eigenvalue weighted by atomic mass is 15.1. The molecule has 0 aliphatic carbocycles. The minimum absolute atomic E-state index is 0.528. The zero-order valence-corrected chi connectivity index (χ0v) is 33.5. The minimum Gasteiger partial charge on any atom is -0.312 e. The quantitative estimate of drug-likeness (QED) is 0.137. The number of benzene rings is 7. The smallest absolute Gasteiger partial charge is 0.189 e. The lowest BCUT2D eigenvalue weighted by molar-refractivity contribution is 1.05. The van der Waals surface area contributed by atoms with Crippen LogP contribution in [0, 0.1) is 13.5 Å². The van der Waals surface area contributed by atoms with Crippen LogP contribution in [-0.2, 0) is 0 Å². The maximum Gasteiger partial charge on any atom is 0.189 e. The molecule has 10 rings (SSSR count). The van der Waals surface area contributed by atoms with Gasteiger partial charge in [0.2, 0.25) is 0 Å². The molecule has 0 bridgehead atoms. The summed E-state index contributed by atoms with van der Waals surface area (Å²) in [6.07, 6.45) is 3.78. The number of hydrogen-bond donors (Lipinski definition) is 0. The maximum atomic E-state index is 8.25. The van der Waals surface area contributed by atoms with E-state index in [2.05, 4.69) is 191 Å². The first kappa shape index (κ1) is 37.0. The van der Waals surface area contributed by atoms with Crippen LogP contribution < -0.4 is 4.90 Å². The number of anilines is 3. The second-order valence-corrected chi connectivity index (χ2v) is 15.0. The molecule has 5 nitrogen and oxygen atoms in total. The highest BCUT2D eigenvalue weighted by Crippen LogP contribution is 2.46. The van der Waals surface area contributed by atoms with E-state index in [9.17, 15) is 0 Å². The molecule has 0 atom stereocenters. The zero-order valence-electron chi connectivity index (χ0n) is 33.5. The van der Waals surface area contributed by atoms with Crippen molar-refractivity contribution in [2.75, 3.05) is 4.90 Å². The maximum absolute atomic E-state index is 8.25. The van der Waals surface area contributed by atoms with Crippen LogP contribution in [0.3, 0.4) is 0 Å². The SMILES string of the molecule is [C-]#[N+]c1cc(-c2cc(-c3ccc(-c4ccccc4)cc3)c(C)cn2)cc(N(c2ccccc2)c2ccc3c(-c4ccccc4)c(-c4ccccc4)n(-c4ccccn4)c3c2)c1. The lowest BCUT2D eigenvalue weighted by Gasteiger charge is -2.27. The third-order valence-corrected chi connectivity index (χ3v) is 11.2. The molecule has 61 heavy (non-hydrogen) atoms. The van der Waals surface area contributed by atoms with Gasteiger partial charge in [0.05, 0.1) is 23.5 Å². The molecule has 3 aromatic heterocycles. The molecule has 0 N–H and O–H groups in total. The van der Waals surface area contributed by atoms with Gasteiger partial charge in [0.25, 0.3) is 0 Å². The van der Waals surface area contributed by atoms with Crippen LogP contribution in [0.2, 0.25) is 0 Å². The molecule has 10 aromatic rings. The molecule has 5 heteroatoms. The Labute approximate surface area is 356 Å². The summed E-state index contributed by atoms with van der Waals surface area (Å²) in [5.41, 5.74) is 16.0. The van der Waals surface area contributed by atoms with Crippen LogP contribution in [0.25, 0.3) is 77.5 Å². The number of para-hydroxylation sites is 1. The average molecular weight is 782 g/mol. The Kier molecular flexibility index (Phi) is 9.78. The Morgan fingerprint density at radius 3 is 1.79 bits per heavy atom. The van der Waals surface area contributed by atoms with Gasteiger partial charge in [0.15, 0.2) is 5.69 Å². The van der Waals surface area contributed by atoms with Crippen LogP contribution in [0.1, 0.15) is 5.56 Å². The molecule has 3 heterocycles. The van der Waals surface area contributed by atoms with Gasteiger partial charge in [-0.2, -0.15) is 0 Å². The van der Waals surface area contributed by atoms with Gasteiger partial charge in [-0.05, 0) is 112 Å². The molecule has 7 aromatic carbocycles. The summed E-state index contributed by atoms with van der Waals surface area (Å²) in [5.74, 6) is 0.824. The Balaban J connectivity index is 1.15. The van der Waals surface area contributed by atoms with E-state index in [1.807, 2.05) is 48.8 Å². The molecule has 288 valence electrons. The molecular formula is C56H39N5. The number of aryl methyl sites for hydroxylation is 1. The molecule has 0 spiro atoms. The van der Waals surface area contributed by atoms with E-state index in [-0.39, 0.29) is 0 Å². The minimum atomic E-state index is 0.528. The lowest BCUT2D eigenvalue weighted by Crippen LogP contribution is -2.10. The van der Waals surface area contributed by atoms with Crippen molar-refractivity contribution in [2.45, 2.75) is 6.92 Å². The summed E-state index contributed by atoms with van der Waals surface area (Å²) in [6.45, 7) is 10.3. The van der Waals surface area contributed by atoms with Crippen LogP contribution in [0.15, 0.2) is 219 Å². The van der Waals surface area contributed by atoms with Gasteiger partial charge in [-0.25, -0.2) is 9.83 Å². The van der Waals surface area contributed by atoms with Crippen molar-refractivity contribution < 1.29 is 0 Å². The number of nitrogens with zero attached hydrogens (tertiary/aromatic N) is 5. The summed E-state index contributed by atoms with van der Waals surface area (Å²) in [7, 11) is 0. The van der Waals surface area contributed by atoms with Crippen molar-refractivity contribution >= 4 is 33.7 Å². The van der Waals surface area contributed by atoms with Crippen molar-refractivity contribution in [3.05, 3.63) is 236 Å². The number of hydrogen-bond acceptors (Lipinski definition) is 3. The second-order valence-electron chi connectivity index (χ2n) is 15.0. The van der Waals surface area contributed by atoms with Gasteiger partial charge in [0.1, 0.15) is 5.82 Å². The second kappa shape index (κ2) is 16.1. The molecule has 0 amide bonds. The normalized spacial score (nSPS) is 11.0. The molecule has 0 fully saturated rings. The average Bonchev–Trinajstić information content (AvgIpc) is 3.68. The van der Waals surface area contributed by atoms with E-state index < -0.39 is 0 Å². The van der Waals surface area contributed by atoms with Gasteiger partial charge in [0, 0.05) is 40.4 Å². The van der Waals surface area contributed by atoms with Gasteiger partial charge < -0.3 is 4.90 Å². The summed E-state index contributed by atoms with van der Waals surface area (Å²) in [5, 5.41) is 1.11. The Bertz CT molecular complexity index is 3170. The predicted octanol–water partition coefficient (Wildman–Crippen LogP) is 15.1. The first-order valence-electron chi connectivity index (χ1n) is 20.3. The fourth-order valence-corrected chi connectivity index (χ4v) is 8.33. The monoisotopic (exact) mass is 781 g/mol. The van der Waals surface area contributed by atoms with Crippen molar-refractivity contribution in [3.8, 4) is 61.7 Å². The van der Waals surface area contributed by atoms with E-state index in [4.69, 9.17) is 16.5 Å². The van der Waals surface area contributed by atoms with Crippen molar-refractivity contribution in [2.24, 2.45) is 0 Å². The van der Waals surface area contributed by atoms with Gasteiger partial charge in [-0.3, -0.25) is 9.55 Å². The van der Waals surface area contributed by atoms with Crippen LogP contribution in [-0.4, -0.2) is 14.5 Å². The summed E-state index contributed by atoms with van der Waals surface area (Å²) >= 11 is 0. The standard InChI is InChI=1S/C56H39N5/c1-39-38-59-52(37-51(39)42-28-26-41(27-29-42)40-17-7-3-8-18-40)45-33-46(57-2)35-49(34-45)60(47-23-13-6-14-24-47)48-30-31-50-53(36-48)61(54-25-15-16-32-58-54)56(44-21-11-5-12-22-44)55(50)43-19-9-4-10-20-43/h3-38H,1H3. The molecule has 0 aliphatic heterocycles. The third-order valence-electron chi connectivity index (χ3n) is 11.2. The van der Waals surface area contributed by atoms with Crippen molar-refractivity contribution in [1.82, 2.24) is 14.5 Å². The van der Waals surface area contributed by atoms with Crippen LogP contribution in [0.4, 0.5) is 22.7 Å². The fourth-order valence-electron chi connectivity index (χ4n) is 8.33. The van der Waals surface area contributed by atoms with Crippen molar-refractivity contribution in [3.63, 3.8) is 0 Å². The van der Waals surface area contributed by atoms with Gasteiger partial charge >= 0.3 is 0 Å². The first-order chi connectivity index (χ1) is 30.1. The molecule has 0 unspecified atom stereocenters. The van der Waals surface area contributed by atoms with Gasteiger partial charge in [-0.15, -0.1) is 0 Å². The van der Waals surface area contributed by atoms with E-state index in [1.54, 1.807) is 0 Å². The number of pyridine rings is 2. The van der Waals surface area contributed by atoms with E-state index >= 15 is 0 Å². The van der Waals surface area contributed by atoms with E-state index in [1.165, 1.54) is 11.1 Å². The Hall–Kier alpha value is -8.33. The topological polar surface area (TPSA) is 38.3 Å². The number of aromatic nitrogens is 3. The summed E-state index contributed by atoms with van der Waals surface area (Å²) in [4.78, 5) is 16.1. The third kappa shape index (κ3) is 7.13. The Morgan fingerprint density at radius 2 is 1.11 bits per heavy atom. The first-order valence-corrected chi connectivity index (χ1v) is 20.3. The molecular weight excluding hydrogens is 743 g/mol. The number of rotatable bonds is 9. The van der Waals surface area contributed by atoms with E-state index in [0.717, 1.165) is 84.1 Å². The zero-order chi connectivity index (χ0) is 41.1. The van der Waals surface area contributed by atoms with Crippen molar-refractivity contribution in [1.29, 1.82) is 0 Å². The molecule has 0 aliphatic rings.